The number of rotatable bonds is 4. The van der Waals surface area contributed by atoms with E-state index >= 15 is 0 Å². The summed E-state index contributed by atoms with van der Waals surface area (Å²) >= 11 is 0. The van der Waals surface area contributed by atoms with Crippen LogP contribution >= 0.6 is 0 Å². The fourth-order valence-electron chi connectivity index (χ4n) is 7.56. The average Bonchev–Trinajstić information content (AvgIpc) is 3.72. The van der Waals surface area contributed by atoms with Gasteiger partial charge in [0.15, 0.2) is 5.82 Å². The molecule has 0 saturated heterocycles. The van der Waals surface area contributed by atoms with Crippen LogP contribution in [0.4, 0.5) is 0 Å². The number of nitrogens with zero attached hydrogens (tertiary/aromatic N) is 2. The smallest absolute Gasteiger partial charge is 0.161 e. The Morgan fingerprint density at radius 1 is 0.420 bits per heavy atom. The number of aryl methyl sites for hydroxylation is 1. The van der Waals surface area contributed by atoms with Gasteiger partial charge in [0.2, 0.25) is 0 Å². The van der Waals surface area contributed by atoms with Crippen molar-refractivity contribution in [2.75, 3.05) is 0 Å². The van der Waals surface area contributed by atoms with Crippen molar-refractivity contribution < 1.29 is 8.83 Å². The summed E-state index contributed by atoms with van der Waals surface area (Å²) in [5, 5.41) is 5.28. The zero-order valence-electron chi connectivity index (χ0n) is 27.6. The minimum absolute atomic E-state index is 0.671. The highest BCUT2D eigenvalue weighted by Gasteiger charge is 2.20. The van der Waals surface area contributed by atoms with Crippen molar-refractivity contribution in [1.29, 1.82) is 0 Å². The monoisotopic (exact) mass is 642 g/mol. The Kier molecular flexibility index (Phi) is 6.27. The molecule has 0 aliphatic rings. The molecule has 0 radical (unpaired) electrons. The van der Waals surface area contributed by atoms with Gasteiger partial charge in [-0.15, -0.1) is 0 Å². The minimum atomic E-state index is 0.671. The molecule has 0 unspecified atom stereocenters. The first-order valence-electron chi connectivity index (χ1n) is 16.9. The second-order valence-electron chi connectivity index (χ2n) is 13.0. The van der Waals surface area contributed by atoms with E-state index in [-0.39, 0.29) is 0 Å². The molecule has 0 fully saturated rings. The van der Waals surface area contributed by atoms with Gasteiger partial charge in [0.1, 0.15) is 22.3 Å². The van der Waals surface area contributed by atoms with Gasteiger partial charge in [-0.2, -0.15) is 0 Å². The van der Waals surface area contributed by atoms with E-state index in [0.717, 1.165) is 82.7 Å². The molecule has 7 aromatic carbocycles. The molecule has 4 nitrogen and oxygen atoms in total. The molecule has 0 bridgehead atoms. The van der Waals surface area contributed by atoms with Crippen LogP contribution in [0, 0.1) is 13.8 Å². The van der Waals surface area contributed by atoms with Crippen molar-refractivity contribution in [3.8, 4) is 44.9 Å². The maximum absolute atomic E-state index is 6.45. The average molecular weight is 643 g/mol. The van der Waals surface area contributed by atoms with Crippen LogP contribution in [0.15, 0.2) is 154 Å². The third kappa shape index (κ3) is 4.39. The molecule has 0 aliphatic heterocycles. The van der Waals surface area contributed by atoms with E-state index < -0.39 is 0 Å². The standard InChI is InChI=1S/C46H30N2O2/c1-27-11-3-4-12-31(27)32-15-9-16-33(28(32)2)45-35-14-5-7-18-39(35)47-46(48-45)36-17-10-20-43-44(36)38-26-30(22-24-42(38)50-43)29-21-23-41-37(25-29)34-13-6-8-19-40(34)49-41/h3-26H,1-2H3. The quantitative estimate of drug-likeness (QED) is 0.192. The molecule has 0 N–H and O–H groups in total. The van der Waals surface area contributed by atoms with Crippen molar-refractivity contribution in [1.82, 2.24) is 9.97 Å². The molecule has 50 heavy (non-hydrogen) atoms. The van der Waals surface area contributed by atoms with E-state index in [1.165, 1.54) is 22.3 Å². The van der Waals surface area contributed by atoms with E-state index in [4.69, 9.17) is 18.8 Å². The van der Waals surface area contributed by atoms with E-state index in [9.17, 15) is 0 Å². The number of furan rings is 2. The lowest BCUT2D eigenvalue weighted by Crippen LogP contribution is -1.98. The van der Waals surface area contributed by atoms with Crippen LogP contribution in [0.25, 0.3) is 99.7 Å². The predicted molar refractivity (Wildman–Crippen MR) is 205 cm³/mol. The van der Waals surface area contributed by atoms with Gasteiger partial charge in [-0.25, -0.2) is 9.97 Å². The molecule has 3 heterocycles. The minimum Gasteiger partial charge on any atom is -0.456 e. The summed E-state index contributed by atoms with van der Waals surface area (Å²) in [5.74, 6) is 0.671. The summed E-state index contributed by atoms with van der Waals surface area (Å²) in [6.07, 6.45) is 0. The second-order valence-corrected chi connectivity index (χ2v) is 13.0. The van der Waals surface area contributed by atoms with Crippen molar-refractivity contribution in [3.63, 3.8) is 0 Å². The highest BCUT2D eigenvalue weighted by Crippen LogP contribution is 2.41. The maximum atomic E-state index is 6.45. The topological polar surface area (TPSA) is 52.1 Å². The molecule has 0 amide bonds. The summed E-state index contributed by atoms with van der Waals surface area (Å²) in [6.45, 7) is 4.36. The Bertz CT molecular complexity index is 2970. The van der Waals surface area contributed by atoms with Crippen LogP contribution < -0.4 is 0 Å². The van der Waals surface area contributed by atoms with E-state index in [0.29, 0.717) is 5.82 Å². The molecule has 0 aliphatic carbocycles. The van der Waals surface area contributed by atoms with Crippen LogP contribution in [-0.4, -0.2) is 9.97 Å². The summed E-state index contributed by atoms with van der Waals surface area (Å²) in [5.41, 5.74) is 14.4. The number of hydrogen-bond acceptors (Lipinski definition) is 4. The van der Waals surface area contributed by atoms with Crippen LogP contribution in [0.2, 0.25) is 0 Å². The lowest BCUT2D eigenvalue weighted by molar-refractivity contribution is 0.668. The van der Waals surface area contributed by atoms with Crippen LogP contribution in [0.3, 0.4) is 0 Å². The summed E-state index contributed by atoms with van der Waals surface area (Å²) in [6, 6.07) is 50.6. The molecule has 4 heteroatoms. The van der Waals surface area contributed by atoms with Gasteiger partial charge in [-0.3, -0.25) is 0 Å². The lowest BCUT2D eigenvalue weighted by atomic mass is 9.91. The van der Waals surface area contributed by atoms with Crippen LogP contribution in [-0.2, 0) is 0 Å². The molecular formula is C46H30N2O2. The van der Waals surface area contributed by atoms with Crippen LogP contribution in [0.5, 0.6) is 0 Å². The van der Waals surface area contributed by atoms with Crippen molar-refractivity contribution in [2.24, 2.45) is 0 Å². The first kappa shape index (κ1) is 28.5. The number of aromatic nitrogens is 2. The largest absolute Gasteiger partial charge is 0.456 e. The number of hydrogen-bond donors (Lipinski definition) is 0. The fourth-order valence-corrected chi connectivity index (χ4v) is 7.56. The van der Waals surface area contributed by atoms with Crippen molar-refractivity contribution >= 4 is 54.8 Å². The number of para-hydroxylation sites is 2. The van der Waals surface area contributed by atoms with Gasteiger partial charge < -0.3 is 8.83 Å². The molecule has 0 atom stereocenters. The highest BCUT2D eigenvalue weighted by atomic mass is 16.3. The van der Waals surface area contributed by atoms with Gasteiger partial charge in [-0.1, -0.05) is 103 Å². The molecule has 10 aromatic rings. The molecule has 236 valence electrons. The maximum Gasteiger partial charge on any atom is 0.161 e. The third-order valence-corrected chi connectivity index (χ3v) is 10.1. The second kappa shape index (κ2) is 11.0. The number of benzene rings is 7. The van der Waals surface area contributed by atoms with Gasteiger partial charge in [0, 0.05) is 38.1 Å². The van der Waals surface area contributed by atoms with Gasteiger partial charge in [0.05, 0.1) is 11.2 Å². The van der Waals surface area contributed by atoms with Crippen LogP contribution in [0.1, 0.15) is 11.1 Å². The predicted octanol–water partition coefficient (Wildman–Crippen LogP) is 12.7. The molecule has 10 rings (SSSR count). The SMILES string of the molecule is Cc1ccccc1-c1cccc(-c2nc(-c3cccc4oc5ccc(-c6ccc7oc8ccccc8c7c6)cc5c34)nc3ccccc23)c1C. The Morgan fingerprint density at radius 2 is 1.02 bits per heavy atom. The zero-order chi connectivity index (χ0) is 33.3. The first-order valence-corrected chi connectivity index (χ1v) is 16.9. The Hall–Kier alpha value is -6.52. The first-order chi connectivity index (χ1) is 24.6. The molecular weight excluding hydrogens is 613 g/mol. The van der Waals surface area contributed by atoms with Crippen molar-refractivity contribution in [2.45, 2.75) is 13.8 Å². The number of fused-ring (bicyclic) bond motifs is 7. The molecule has 0 spiro atoms. The van der Waals surface area contributed by atoms with Gasteiger partial charge in [0.25, 0.3) is 0 Å². The summed E-state index contributed by atoms with van der Waals surface area (Å²) < 4.78 is 12.6. The zero-order valence-corrected chi connectivity index (χ0v) is 27.6. The molecule has 3 aromatic heterocycles. The Labute approximate surface area is 288 Å². The van der Waals surface area contributed by atoms with E-state index in [2.05, 4.69) is 129 Å². The molecule has 0 saturated carbocycles. The fraction of sp³-hybridized carbons (Fsp3) is 0.0435. The van der Waals surface area contributed by atoms with Gasteiger partial charge in [-0.05, 0) is 89.7 Å². The lowest BCUT2D eigenvalue weighted by Gasteiger charge is -2.15. The van der Waals surface area contributed by atoms with Gasteiger partial charge >= 0.3 is 0 Å². The van der Waals surface area contributed by atoms with Crippen molar-refractivity contribution in [3.05, 3.63) is 157 Å². The Morgan fingerprint density at radius 3 is 1.88 bits per heavy atom. The Balaban J connectivity index is 1.17. The normalized spacial score (nSPS) is 11.8. The third-order valence-electron chi connectivity index (χ3n) is 10.1. The van der Waals surface area contributed by atoms with E-state index in [1.807, 2.05) is 30.3 Å². The van der Waals surface area contributed by atoms with E-state index in [1.54, 1.807) is 0 Å². The summed E-state index contributed by atoms with van der Waals surface area (Å²) in [4.78, 5) is 10.5. The highest BCUT2D eigenvalue weighted by molar-refractivity contribution is 6.13. The summed E-state index contributed by atoms with van der Waals surface area (Å²) in [7, 11) is 0.